The Balaban J connectivity index is 2.27. The number of benzene rings is 2. The maximum atomic E-state index is 13.2. The van der Waals surface area contributed by atoms with Gasteiger partial charge in [0.2, 0.25) is 0 Å². The van der Waals surface area contributed by atoms with Gasteiger partial charge < -0.3 is 20.6 Å². The topological polar surface area (TPSA) is 107 Å². The minimum Gasteiger partial charge on any atom is -0.508 e. The highest BCUT2D eigenvalue weighted by atomic mass is 19.1. The normalized spacial score (nSPS) is 10.1. The number of carbonyl (C=O) groups excluding carboxylic acids is 1. The number of rotatable bonds is 3. The molecule has 0 saturated heterocycles. The summed E-state index contributed by atoms with van der Waals surface area (Å²) in [5.74, 6) is -3.67. The zero-order valence-corrected chi connectivity index (χ0v) is 10.5. The van der Waals surface area contributed by atoms with Crippen molar-refractivity contribution in [1.82, 2.24) is 0 Å². The first-order valence-electron chi connectivity index (χ1n) is 5.74. The molecule has 2 rings (SSSR count). The van der Waals surface area contributed by atoms with E-state index in [1.165, 1.54) is 6.07 Å². The van der Waals surface area contributed by atoms with Crippen LogP contribution in [0.15, 0.2) is 36.4 Å². The maximum absolute atomic E-state index is 13.2. The molecular formula is C14H10FNO5. The van der Waals surface area contributed by atoms with Crippen LogP contribution >= 0.6 is 0 Å². The molecule has 108 valence electrons. The molecule has 0 heterocycles. The van der Waals surface area contributed by atoms with Crippen molar-refractivity contribution in [2.45, 2.75) is 0 Å². The van der Waals surface area contributed by atoms with E-state index < -0.39 is 23.3 Å². The molecule has 0 aromatic heterocycles. The molecule has 0 atom stereocenters. The van der Waals surface area contributed by atoms with Crippen LogP contribution in [-0.4, -0.2) is 27.2 Å². The summed E-state index contributed by atoms with van der Waals surface area (Å²) in [7, 11) is 0. The predicted molar refractivity (Wildman–Crippen MR) is 71.1 cm³/mol. The Hall–Kier alpha value is -3.09. The number of carbonyl (C=O) groups is 2. The SMILES string of the molecule is O=C(Nc1ccc(F)c(C(=O)O)c1)c1cc(O)cc(O)c1. The molecule has 0 radical (unpaired) electrons. The highest BCUT2D eigenvalue weighted by Crippen LogP contribution is 2.22. The molecule has 0 aliphatic rings. The van der Waals surface area contributed by atoms with E-state index in [1.54, 1.807) is 0 Å². The Morgan fingerprint density at radius 3 is 2.19 bits per heavy atom. The third-order valence-corrected chi connectivity index (χ3v) is 2.62. The molecule has 6 nitrogen and oxygen atoms in total. The fourth-order valence-electron chi connectivity index (χ4n) is 1.70. The van der Waals surface area contributed by atoms with Gasteiger partial charge in [0.15, 0.2) is 0 Å². The molecule has 0 unspecified atom stereocenters. The maximum Gasteiger partial charge on any atom is 0.338 e. The zero-order chi connectivity index (χ0) is 15.6. The standard InChI is InChI=1S/C14H10FNO5/c15-12-2-1-8(5-11(12)14(20)21)16-13(19)7-3-9(17)6-10(18)4-7/h1-6,17-18H,(H,16,19)(H,20,21). The summed E-state index contributed by atoms with van der Waals surface area (Å²) in [6, 6.07) is 6.38. The molecule has 21 heavy (non-hydrogen) atoms. The minimum atomic E-state index is -1.46. The summed E-state index contributed by atoms with van der Waals surface area (Å²) in [5, 5.41) is 29.7. The van der Waals surface area contributed by atoms with Crippen LogP contribution in [0.5, 0.6) is 11.5 Å². The molecule has 2 aromatic carbocycles. The van der Waals surface area contributed by atoms with Gasteiger partial charge in [-0.25, -0.2) is 9.18 Å². The molecule has 0 saturated carbocycles. The molecule has 1 amide bonds. The van der Waals surface area contributed by atoms with E-state index in [4.69, 9.17) is 5.11 Å². The Labute approximate surface area is 118 Å². The fourth-order valence-corrected chi connectivity index (χ4v) is 1.70. The van der Waals surface area contributed by atoms with Gasteiger partial charge in [0.05, 0.1) is 5.56 Å². The van der Waals surface area contributed by atoms with Crippen molar-refractivity contribution in [2.24, 2.45) is 0 Å². The van der Waals surface area contributed by atoms with Crippen LogP contribution in [0, 0.1) is 5.82 Å². The van der Waals surface area contributed by atoms with Crippen LogP contribution in [-0.2, 0) is 0 Å². The lowest BCUT2D eigenvalue weighted by Crippen LogP contribution is -2.12. The average molecular weight is 291 g/mol. The number of carboxylic acids is 1. The lowest BCUT2D eigenvalue weighted by Gasteiger charge is -2.07. The molecule has 0 aliphatic carbocycles. The van der Waals surface area contributed by atoms with Gasteiger partial charge in [0, 0.05) is 17.3 Å². The monoisotopic (exact) mass is 291 g/mol. The van der Waals surface area contributed by atoms with Crippen LogP contribution in [0.2, 0.25) is 0 Å². The number of phenols is 2. The first-order valence-corrected chi connectivity index (χ1v) is 5.74. The summed E-state index contributed by atoms with van der Waals surface area (Å²) in [6.45, 7) is 0. The van der Waals surface area contributed by atoms with Gasteiger partial charge in [-0.1, -0.05) is 0 Å². The highest BCUT2D eigenvalue weighted by molar-refractivity contribution is 6.05. The van der Waals surface area contributed by atoms with Crippen LogP contribution in [0.4, 0.5) is 10.1 Å². The van der Waals surface area contributed by atoms with Crippen molar-refractivity contribution in [3.05, 3.63) is 53.3 Å². The number of anilines is 1. The Kier molecular flexibility index (Phi) is 3.75. The van der Waals surface area contributed by atoms with Crippen molar-refractivity contribution in [2.75, 3.05) is 5.32 Å². The molecule has 0 spiro atoms. The number of aromatic hydroxyl groups is 2. The predicted octanol–water partition coefficient (Wildman–Crippen LogP) is 2.19. The molecule has 7 heteroatoms. The van der Waals surface area contributed by atoms with Crippen LogP contribution < -0.4 is 5.32 Å². The Morgan fingerprint density at radius 1 is 1.00 bits per heavy atom. The summed E-state index contributed by atoms with van der Waals surface area (Å²) < 4.78 is 13.2. The fraction of sp³-hybridized carbons (Fsp3) is 0. The number of aromatic carboxylic acids is 1. The largest absolute Gasteiger partial charge is 0.508 e. The summed E-state index contributed by atoms with van der Waals surface area (Å²) >= 11 is 0. The number of hydrogen-bond donors (Lipinski definition) is 4. The molecule has 4 N–H and O–H groups in total. The van der Waals surface area contributed by atoms with Crippen molar-refractivity contribution in [3.8, 4) is 11.5 Å². The minimum absolute atomic E-state index is 0.0336. The van der Waals surface area contributed by atoms with E-state index in [0.717, 1.165) is 30.3 Å². The molecule has 0 aliphatic heterocycles. The number of amides is 1. The number of phenolic OH excluding ortho intramolecular Hbond substituents is 2. The average Bonchev–Trinajstić information content (AvgIpc) is 2.39. The summed E-state index contributed by atoms with van der Waals surface area (Å²) in [6.07, 6.45) is 0. The van der Waals surface area contributed by atoms with E-state index >= 15 is 0 Å². The van der Waals surface area contributed by atoms with Crippen molar-refractivity contribution in [1.29, 1.82) is 0 Å². The van der Waals surface area contributed by atoms with Crippen LogP contribution in [0.3, 0.4) is 0 Å². The number of carboxylic acid groups (broad SMARTS) is 1. The van der Waals surface area contributed by atoms with E-state index in [2.05, 4.69) is 5.32 Å². The van der Waals surface area contributed by atoms with E-state index in [1.807, 2.05) is 0 Å². The molecule has 2 aromatic rings. The second-order valence-electron chi connectivity index (χ2n) is 4.19. The number of nitrogens with one attached hydrogen (secondary N) is 1. The van der Waals surface area contributed by atoms with Gasteiger partial charge in [-0.15, -0.1) is 0 Å². The first-order chi connectivity index (χ1) is 9.86. The quantitative estimate of drug-likeness (QED) is 0.693. The summed E-state index contributed by atoms with van der Waals surface area (Å²) in [5.41, 5.74) is -0.540. The van der Waals surface area contributed by atoms with Crippen LogP contribution in [0.1, 0.15) is 20.7 Å². The highest BCUT2D eigenvalue weighted by Gasteiger charge is 2.13. The van der Waals surface area contributed by atoms with Gasteiger partial charge in [-0.3, -0.25) is 4.79 Å². The zero-order valence-electron chi connectivity index (χ0n) is 10.5. The molecule has 0 bridgehead atoms. The van der Waals surface area contributed by atoms with Crippen molar-refractivity contribution in [3.63, 3.8) is 0 Å². The number of halogens is 1. The van der Waals surface area contributed by atoms with Crippen molar-refractivity contribution >= 4 is 17.6 Å². The first kappa shape index (κ1) is 14.3. The second-order valence-corrected chi connectivity index (χ2v) is 4.19. The van der Waals surface area contributed by atoms with E-state index in [9.17, 15) is 24.2 Å². The van der Waals surface area contributed by atoms with Gasteiger partial charge >= 0.3 is 5.97 Å². The molecule has 0 fully saturated rings. The lowest BCUT2D eigenvalue weighted by molar-refractivity contribution is 0.0691. The van der Waals surface area contributed by atoms with Crippen LogP contribution in [0.25, 0.3) is 0 Å². The van der Waals surface area contributed by atoms with Gasteiger partial charge in [0.25, 0.3) is 5.91 Å². The van der Waals surface area contributed by atoms with Gasteiger partial charge in [0.1, 0.15) is 17.3 Å². The third kappa shape index (κ3) is 3.27. The third-order valence-electron chi connectivity index (χ3n) is 2.62. The smallest absolute Gasteiger partial charge is 0.338 e. The Bertz CT molecular complexity index is 709. The van der Waals surface area contributed by atoms with E-state index in [0.29, 0.717) is 0 Å². The second kappa shape index (κ2) is 5.49. The number of hydrogen-bond acceptors (Lipinski definition) is 4. The van der Waals surface area contributed by atoms with Crippen molar-refractivity contribution < 1.29 is 29.3 Å². The lowest BCUT2D eigenvalue weighted by atomic mass is 10.1. The Morgan fingerprint density at radius 2 is 1.62 bits per heavy atom. The van der Waals surface area contributed by atoms with Gasteiger partial charge in [-0.05, 0) is 30.3 Å². The van der Waals surface area contributed by atoms with Gasteiger partial charge in [-0.2, -0.15) is 0 Å². The van der Waals surface area contributed by atoms with E-state index in [-0.39, 0.29) is 22.7 Å². The summed E-state index contributed by atoms with van der Waals surface area (Å²) in [4.78, 5) is 22.7. The molecular weight excluding hydrogens is 281 g/mol.